The van der Waals surface area contributed by atoms with E-state index >= 15 is 0 Å². The lowest BCUT2D eigenvalue weighted by atomic mass is 10.2. The molecule has 2 aromatic rings. The minimum absolute atomic E-state index is 0.0394. The molecule has 1 aromatic carbocycles. The monoisotopic (exact) mass is 287 g/mol. The molecule has 1 N–H and O–H groups in total. The van der Waals surface area contributed by atoms with Gasteiger partial charge in [-0.15, -0.1) is 0 Å². The molecule has 21 heavy (non-hydrogen) atoms. The number of benzene rings is 1. The Hall–Kier alpha value is -2.63. The van der Waals surface area contributed by atoms with Gasteiger partial charge in [0, 0.05) is 18.3 Å². The van der Waals surface area contributed by atoms with Crippen molar-refractivity contribution < 1.29 is 9.53 Å². The average Bonchev–Trinajstić information content (AvgIpc) is 2.48. The number of nitrogens with one attached hydrogen (secondary N) is 1. The molecular weight excluding hydrogens is 270 g/mol. The SMILES string of the molecule is COc1ccc(CNC(=O)Cn2cnc(C)cc2=O)cc1. The highest BCUT2D eigenvalue weighted by Gasteiger charge is 2.05. The van der Waals surface area contributed by atoms with E-state index in [1.54, 1.807) is 14.0 Å². The quantitative estimate of drug-likeness (QED) is 0.886. The molecule has 0 saturated carbocycles. The lowest BCUT2D eigenvalue weighted by Crippen LogP contribution is -2.32. The number of nitrogens with zero attached hydrogens (tertiary/aromatic N) is 2. The summed E-state index contributed by atoms with van der Waals surface area (Å²) in [7, 11) is 1.60. The van der Waals surface area contributed by atoms with Crippen LogP contribution in [0.15, 0.2) is 41.5 Å². The normalized spacial score (nSPS) is 10.2. The summed E-state index contributed by atoms with van der Waals surface area (Å²) < 4.78 is 6.34. The van der Waals surface area contributed by atoms with Gasteiger partial charge in [0.15, 0.2) is 0 Å². The van der Waals surface area contributed by atoms with E-state index in [1.807, 2.05) is 24.3 Å². The van der Waals surface area contributed by atoms with E-state index in [0.717, 1.165) is 11.3 Å². The highest BCUT2D eigenvalue weighted by atomic mass is 16.5. The number of ether oxygens (including phenoxy) is 1. The first-order chi connectivity index (χ1) is 10.1. The largest absolute Gasteiger partial charge is 0.497 e. The van der Waals surface area contributed by atoms with Crippen LogP contribution < -0.4 is 15.6 Å². The summed E-state index contributed by atoms with van der Waals surface area (Å²) in [5.74, 6) is 0.529. The second-order valence-corrected chi connectivity index (χ2v) is 4.62. The number of hydrogen-bond acceptors (Lipinski definition) is 4. The number of carbonyl (C=O) groups is 1. The first-order valence-corrected chi connectivity index (χ1v) is 6.51. The van der Waals surface area contributed by atoms with E-state index in [-0.39, 0.29) is 18.0 Å². The maximum atomic E-state index is 11.8. The minimum atomic E-state index is -0.237. The van der Waals surface area contributed by atoms with Crippen molar-refractivity contribution in [2.75, 3.05) is 7.11 Å². The fraction of sp³-hybridized carbons (Fsp3) is 0.267. The van der Waals surface area contributed by atoms with Gasteiger partial charge in [-0.25, -0.2) is 4.98 Å². The van der Waals surface area contributed by atoms with Crippen LogP contribution >= 0.6 is 0 Å². The highest BCUT2D eigenvalue weighted by molar-refractivity contribution is 5.75. The summed E-state index contributed by atoms with van der Waals surface area (Å²) in [5.41, 5.74) is 1.36. The number of carbonyl (C=O) groups excluding carboxylic acids is 1. The van der Waals surface area contributed by atoms with Crippen molar-refractivity contribution in [3.05, 3.63) is 58.3 Å². The van der Waals surface area contributed by atoms with Crippen molar-refractivity contribution in [2.24, 2.45) is 0 Å². The molecule has 2 rings (SSSR count). The molecule has 0 spiro atoms. The van der Waals surface area contributed by atoms with Crippen molar-refractivity contribution in [3.63, 3.8) is 0 Å². The van der Waals surface area contributed by atoms with Gasteiger partial charge in [0.05, 0.1) is 13.4 Å². The van der Waals surface area contributed by atoms with E-state index in [0.29, 0.717) is 12.2 Å². The van der Waals surface area contributed by atoms with Crippen LogP contribution in [0.5, 0.6) is 5.75 Å². The molecule has 6 heteroatoms. The number of aromatic nitrogens is 2. The Kier molecular flexibility index (Phi) is 4.71. The van der Waals surface area contributed by atoms with E-state index < -0.39 is 0 Å². The van der Waals surface area contributed by atoms with Gasteiger partial charge in [-0.2, -0.15) is 0 Å². The molecule has 1 amide bonds. The molecule has 1 heterocycles. The van der Waals surface area contributed by atoms with Gasteiger partial charge in [-0.1, -0.05) is 12.1 Å². The topological polar surface area (TPSA) is 73.2 Å². The van der Waals surface area contributed by atoms with Crippen molar-refractivity contribution in [1.82, 2.24) is 14.9 Å². The smallest absolute Gasteiger partial charge is 0.253 e. The third-order valence-electron chi connectivity index (χ3n) is 2.98. The molecule has 110 valence electrons. The molecule has 1 aromatic heterocycles. The van der Waals surface area contributed by atoms with E-state index in [1.165, 1.54) is 17.0 Å². The third kappa shape index (κ3) is 4.17. The summed E-state index contributed by atoms with van der Waals surface area (Å²) >= 11 is 0. The highest BCUT2D eigenvalue weighted by Crippen LogP contribution is 2.10. The standard InChI is InChI=1S/C15H17N3O3/c1-11-7-15(20)18(10-17-11)9-14(19)16-8-12-3-5-13(21-2)6-4-12/h3-7,10H,8-9H2,1-2H3,(H,16,19). The zero-order chi connectivity index (χ0) is 15.2. The van der Waals surface area contributed by atoms with Crippen LogP contribution in [0.3, 0.4) is 0 Å². The van der Waals surface area contributed by atoms with Crippen LogP contribution in [0.2, 0.25) is 0 Å². The zero-order valence-electron chi connectivity index (χ0n) is 12.0. The molecule has 0 bridgehead atoms. The predicted molar refractivity (Wildman–Crippen MR) is 78.1 cm³/mol. The number of methoxy groups -OCH3 is 1. The number of hydrogen-bond donors (Lipinski definition) is 1. The van der Waals surface area contributed by atoms with Crippen molar-refractivity contribution in [2.45, 2.75) is 20.0 Å². The maximum absolute atomic E-state index is 11.8. The summed E-state index contributed by atoms with van der Waals surface area (Å²) in [4.78, 5) is 27.5. The Labute approximate surface area is 122 Å². The van der Waals surface area contributed by atoms with E-state index in [2.05, 4.69) is 10.3 Å². The van der Waals surface area contributed by atoms with Crippen LogP contribution in [0.4, 0.5) is 0 Å². The first kappa shape index (κ1) is 14.8. The van der Waals surface area contributed by atoms with Gasteiger partial charge in [0.25, 0.3) is 5.56 Å². The van der Waals surface area contributed by atoms with Crippen LogP contribution in [-0.4, -0.2) is 22.6 Å². The molecule has 0 aliphatic rings. The van der Waals surface area contributed by atoms with Gasteiger partial charge in [-0.3, -0.25) is 14.2 Å². The second-order valence-electron chi connectivity index (χ2n) is 4.62. The number of aryl methyl sites for hydroxylation is 1. The molecule has 6 nitrogen and oxygen atoms in total. The maximum Gasteiger partial charge on any atom is 0.253 e. The Bertz CT molecular complexity index is 677. The van der Waals surface area contributed by atoms with Crippen LogP contribution in [0.25, 0.3) is 0 Å². The summed E-state index contributed by atoms with van der Waals surface area (Å²) in [6.45, 7) is 2.09. The van der Waals surface area contributed by atoms with Gasteiger partial charge in [-0.05, 0) is 24.6 Å². The Morgan fingerprint density at radius 1 is 1.33 bits per heavy atom. The molecule has 0 unspecified atom stereocenters. The van der Waals surface area contributed by atoms with Crippen LogP contribution in [0.1, 0.15) is 11.3 Å². The van der Waals surface area contributed by atoms with E-state index in [4.69, 9.17) is 4.74 Å². The lowest BCUT2D eigenvalue weighted by molar-refractivity contribution is -0.121. The van der Waals surface area contributed by atoms with Crippen molar-refractivity contribution in [1.29, 1.82) is 0 Å². The average molecular weight is 287 g/mol. The van der Waals surface area contributed by atoms with Crippen molar-refractivity contribution in [3.8, 4) is 5.75 Å². The van der Waals surface area contributed by atoms with Gasteiger partial charge < -0.3 is 10.1 Å². The second kappa shape index (κ2) is 6.69. The molecular formula is C15H17N3O3. The Morgan fingerprint density at radius 2 is 2.05 bits per heavy atom. The molecule has 0 atom stereocenters. The van der Waals surface area contributed by atoms with Crippen LogP contribution in [0, 0.1) is 6.92 Å². The number of rotatable bonds is 5. The summed E-state index contributed by atoms with van der Waals surface area (Å²) in [5, 5.41) is 2.76. The summed E-state index contributed by atoms with van der Waals surface area (Å²) in [6, 6.07) is 8.81. The molecule has 0 saturated heterocycles. The fourth-order valence-electron chi connectivity index (χ4n) is 1.79. The molecule has 0 aliphatic carbocycles. The Morgan fingerprint density at radius 3 is 2.67 bits per heavy atom. The predicted octanol–water partition coefficient (Wildman–Crippen LogP) is 0.877. The van der Waals surface area contributed by atoms with E-state index in [9.17, 15) is 9.59 Å². The fourth-order valence-corrected chi connectivity index (χ4v) is 1.79. The van der Waals surface area contributed by atoms with Crippen LogP contribution in [-0.2, 0) is 17.9 Å². The zero-order valence-corrected chi connectivity index (χ0v) is 12.0. The van der Waals surface area contributed by atoms with Gasteiger partial charge in [0.2, 0.25) is 5.91 Å². The lowest BCUT2D eigenvalue weighted by Gasteiger charge is -2.08. The molecule has 0 fully saturated rings. The Balaban J connectivity index is 1.91. The van der Waals surface area contributed by atoms with Gasteiger partial charge in [0.1, 0.15) is 12.3 Å². The summed E-state index contributed by atoms with van der Waals surface area (Å²) in [6.07, 6.45) is 1.38. The van der Waals surface area contributed by atoms with Gasteiger partial charge >= 0.3 is 0 Å². The van der Waals surface area contributed by atoms with Crippen molar-refractivity contribution >= 4 is 5.91 Å². The molecule has 0 aliphatic heterocycles. The molecule has 0 radical (unpaired) electrons. The minimum Gasteiger partial charge on any atom is -0.497 e. The first-order valence-electron chi connectivity index (χ1n) is 6.51. The third-order valence-corrected chi connectivity index (χ3v) is 2.98. The number of amides is 1.